The lowest BCUT2D eigenvalue weighted by Crippen LogP contribution is -2.56. The Balaban J connectivity index is 0.000000414. The number of ether oxygens (including phenoxy) is 2. The summed E-state index contributed by atoms with van der Waals surface area (Å²) in [5.41, 5.74) is 4.36. The molecule has 0 aromatic rings. The second-order valence-electron chi connectivity index (χ2n) is 55.8. The van der Waals surface area contributed by atoms with Crippen molar-refractivity contribution in [1.82, 2.24) is 95.7 Å². The predicted octanol–water partition coefficient (Wildman–Crippen LogP) is 17.3. The van der Waals surface area contributed by atoms with Gasteiger partial charge in [-0.05, 0) is 437 Å². The summed E-state index contributed by atoms with van der Waals surface area (Å²) >= 11 is 0. The molecule has 12 fully saturated rings. The van der Waals surface area contributed by atoms with Gasteiger partial charge >= 0.3 is 0 Å². The second-order valence-corrected chi connectivity index (χ2v) is 55.8. The van der Waals surface area contributed by atoms with Crippen molar-refractivity contribution in [3.05, 3.63) is 12.3 Å². The summed E-state index contributed by atoms with van der Waals surface area (Å²) in [7, 11) is 0. The van der Waals surface area contributed by atoms with Crippen LogP contribution in [0.5, 0.6) is 0 Å². The Morgan fingerprint density at radius 1 is 0.234 bits per heavy atom. The molecule has 9 amide bonds. The fraction of sp³-hybridized carbons (Fsp3) is 0.905. The van der Waals surface area contributed by atoms with Gasteiger partial charge in [-0.1, -0.05) is 6.58 Å². The maximum atomic E-state index is 11.0. The van der Waals surface area contributed by atoms with Gasteiger partial charge in [-0.2, -0.15) is 0 Å². The smallest absolute Gasteiger partial charge is 0.217 e. The number of allylic oxidation sites excluding steroid dienone is 1. The van der Waals surface area contributed by atoms with E-state index in [0.717, 1.165) is 141 Å². The normalized spacial score (nSPS) is 29.8. The van der Waals surface area contributed by atoms with Crippen LogP contribution in [0.25, 0.3) is 0 Å². The van der Waals surface area contributed by atoms with Crippen LogP contribution in [-0.2, 0) is 52.6 Å². The van der Waals surface area contributed by atoms with Crippen LogP contribution >= 0.6 is 0 Å². The fourth-order valence-corrected chi connectivity index (χ4v) is 23.4. The van der Waals surface area contributed by atoms with Crippen molar-refractivity contribution in [3.63, 3.8) is 0 Å². The SMILES string of the molecule is C=C(C)NCC12CC3(NC(C)(C)C)CC13C2.CC(=O)NC1CC(NC(C)(C)C)C1.CC(=O)NC1CC(OC(C)(C)C)C1.CC(=O)NC1CCC(NC(C)(C)C)CC1.CC(=O)NC1CCC(NC(C)(C)C)CC1.CC(=O)NC1CCC(OC(C)(C)C)CC1.CC(=O)N[C@@H]1CCC[C@H](NC(C)(C)C)C1.CC(=O)N[C@@H]1CC[C@H](NC(C)(C)C)C1.CC(=O)N[C@H]1CCC[C@H](NC(C)(C)C)C1.CC(=O)N[C@H]1CC[C@H](NC(C)(C)C)C1. The molecule has 12 rings (SSSR count). The monoisotopic (exact) mass is 2050 g/mol. The lowest BCUT2D eigenvalue weighted by Gasteiger charge is -2.40. The van der Waals surface area contributed by atoms with E-state index in [1.807, 2.05) is 0 Å². The molecule has 0 saturated heterocycles. The number of nitrogens with one attached hydrogen (secondary N) is 18. The zero-order valence-corrected chi connectivity index (χ0v) is 100. The zero-order valence-electron chi connectivity index (χ0n) is 100. The Morgan fingerprint density at radius 2 is 0.448 bits per heavy atom. The van der Waals surface area contributed by atoms with Gasteiger partial charge in [-0.25, -0.2) is 0 Å². The molecule has 0 aromatic heterocycles. The Morgan fingerprint density at radius 3 is 0.717 bits per heavy atom. The van der Waals surface area contributed by atoms with Gasteiger partial charge in [0.1, 0.15) is 0 Å². The van der Waals surface area contributed by atoms with Crippen molar-refractivity contribution in [2.45, 2.75) is 659 Å². The summed E-state index contributed by atoms with van der Waals surface area (Å²) < 4.78 is 11.7. The minimum absolute atomic E-state index is 0.0501. The molecule has 0 aromatic carbocycles. The molecular formula is C116H226N18O11. The molecule has 12 saturated carbocycles. The Labute approximate surface area is 885 Å². The third kappa shape index (κ3) is 62.2. The molecule has 12 aliphatic rings. The van der Waals surface area contributed by atoms with Gasteiger partial charge in [0.2, 0.25) is 53.2 Å². The summed E-state index contributed by atoms with van der Waals surface area (Å²) in [6.45, 7) is 86.6. The van der Waals surface area contributed by atoms with Crippen LogP contribution in [0.4, 0.5) is 0 Å². The van der Waals surface area contributed by atoms with Crippen molar-refractivity contribution in [1.29, 1.82) is 0 Å². The van der Waals surface area contributed by atoms with E-state index < -0.39 is 0 Å². The average molecular weight is 2050 g/mol. The summed E-state index contributed by atoms with van der Waals surface area (Å²) in [5, 5.41) is 59.1. The highest BCUT2D eigenvalue weighted by Crippen LogP contribution is 2.96. The molecular weight excluding hydrogens is 1820 g/mol. The van der Waals surface area contributed by atoms with Crippen molar-refractivity contribution in [2.75, 3.05) is 6.54 Å². The molecule has 0 radical (unpaired) electrons. The molecule has 18 N–H and O–H groups in total. The lowest BCUT2D eigenvalue weighted by molar-refractivity contribution is -0.126. The molecule has 0 aliphatic heterocycles. The van der Waals surface area contributed by atoms with Crippen LogP contribution in [0, 0.1) is 10.8 Å². The molecule has 846 valence electrons. The van der Waals surface area contributed by atoms with E-state index in [1.54, 1.807) is 62.3 Å². The summed E-state index contributed by atoms with van der Waals surface area (Å²) in [5.74, 6) is 0.781. The van der Waals surface area contributed by atoms with Crippen molar-refractivity contribution in [2.24, 2.45) is 10.8 Å². The van der Waals surface area contributed by atoms with Gasteiger partial charge in [-0.15, -0.1) is 0 Å². The van der Waals surface area contributed by atoms with E-state index >= 15 is 0 Å². The van der Waals surface area contributed by atoms with E-state index in [4.69, 9.17) is 9.47 Å². The van der Waals surface area contributed by atoms with Crippen LogP contribution in [0.15, 0.2) is 12.3 Å². The van der Waals surface area contributed by atoms with Gasteiger partial charge < -0.3 is 105 Å². The van der Waals surface area contributed by atoms with E-state index in [1.165, 1.54) is 83.5 Å². The fourth-order valence-electron chi connectivity index (χ4n) is 23.4. The second kappa shape index (κ2) is 59.0. The van der Waals surface area contributed by atoms with Gasteiger partial charge in [0.25, 0.3) is 0 Å². The first-order chi connectivity index (χ1) is 66.0. The van der Waals surface area contributed by atoms with Gasteiger partial charge in [0, 0.05) is 221 Å². The molecule has 12 aliphatic carbocycles. The van der Waals surface area contributed by atoms with Crippen LogP contribution < -0.4 is 95.7 Å². The quantitative estimate of drug-likeness (QED) is 0.0479. The largest absolute Gasteiger partial charge is 0.388 e. The minimum atomic E-state index is -0.0636. The average Bonchev–Trinajstić information content (AvgIpc) is 1.40. The van der Waals surface area contributed by atoms with E-state index in [-0.39, 0.29) is 109 Å². The van der Waals surface area contributed by atoms with E-state index in [0.29, 0.717) is 125 Å². The first-order valence-corrected chi connectivity index (χ1v) is 56.5. The minimum Gasteiger partial charge on any atom is -0.388 e. The van der Waals surface area contributed by atoms with Crippen LogP contribution in [-0.4, -0.2) is 230 Å². The summed E-state index contributed by atoms with van der Waals surface area (Å²) in [6, 6.07) is 7.46. The first-order valence-electron chi connectivity index (χ1n) is 56.5. The third-order valence-corrected chi connectivity index (χ3v) is 27.6. The Bertz CT molecular complexity index is 3620. The van der Waals surface area contributed by atoms with Gasteiger partial charge in [0.15, 0.2) is 0 Å². The van der Waals surface area contributed by atoms with Crippen molar-refractivity contribution in [3.8, 4) is 0 Å². The summed E-state index contributed by atoms with van der Waals surface area (Å²) in [6.07, 6.45) is 38.2. The van der Waals surface area contributed by atoms with Gasteiger partial charge in [0.05, 0.1) is 23.4 Å². The van der Waals surface area contributed by atoms with E-state index in [9.17, 15) is 43.2 Å². The molecule has 145 heavy (non-hydrogen) atoms. The lowest BCUT2D eigenvalue weighted by atomic mass is 9.78. The molecule has 11 atom stereocenters. The van der Waals surface area contributed by atoms with Crippen molar-refractivity contribution < 1.29 is 52.6 Å². The maximum Gasteiger partial charge on any atom is 0.217 e. The van der Waals surface area contributed by atoms with Crippen LogP contribution in [0.1, 0.15) is 489 Å². The van der Waals surface area contributed by atoms with Crippen LogP contribution in [0.2, 0.25) is 0 Å². The topological polar surface area (TPSA) is 389 Å². The summed E-state index contributed by atoms with van der Waals surface area (Å²) in [4.78, 5) is 97.7. The molecule has 29 nitrogen and oxygen atoms in total. The number of rotatable bonds is 22. The predicted molar refractivity (Wildman–Crippen MR) is 600 cm³/mol. The number of amides is 9. The van der Waals surface area contributed by atoms with E-state index in [2.05, 4.69) is 317 Å². The number of hydrogen-bond donors (Lipinski definition) is 18. The Kier molecular flexibility index (Phi) is 54.3. The zero-order chi connectivity index (χ0) is 111. The highest BCUT2D eigenvalue weighted by atomic mass is 16.5. The molecule has 3 unspecified atom stereocenters. The highest BCUT2D eigenvalue weighted by Gasteiger charge is 2.96. The molecule has 29 heteroatoms. The molecule has 0 bridgehead atoms. The third-order valence-electron chi connectivity index (χ3n) is 27.6. The van der Waals surface area contributed by atoms with Gasteiger partial charge in [-0.3, -0.25) is 43.2 Å². The standard InChI is InChI=1S/C14H24N2.4C12H24N2O.C12H23NO2.2C11H22N2O.C10H20N2O.C10H19NO2/c1-10(2)15-9-12-6-13(12)8-14(13,7-12)16-11(3,4)5;2*1-9(15)13-10-5-7-11(8-6-10)14-12(2,3)4;2*1-9(15)13-10-6-5-7-11(8-10)14-12(2,3)4;1-9(14)13-10-5-7-11(8-6-10)15-12(2,3)4;2*1-8(14)12-9-5-6-10(7-9)13-11(2,3)4;1-7(13)11-8-5-9(6-8)12-10(2,3)4;1-7(12)11-8-5-9(6-8)13-10(2,3)4/h15-16H,1,6-9H2,2-5H3;4*10-11,14H,5-8H2,1-4H3,(H,13,15);10-11H,5-8H2,1-4H3,(H,13,14);2*9-10,13H,5-7H2,1-4H3,(H,12,14);8-9,12H,5-6H2,1-4H3,(H,11,13);8-9H,5-6H2,1-4H3,(H,11,12)/t;;;10-,11+;10-,11-;;9-,10+;9-,10-;;/m...10.10../s1. The van der Waals surface area contributed by atoms with Crippen molar-refractivity contribution >= 4 is 53.2 Å². The first kappa shape index (κ1) is 134. The molecule has 1 spiro atoms. The maximum absolute atomic E-state index is 11.0. The number of carbonyl (C=O) groups is 9. The number of carbonyl (C=O) groups excluding carboxylic acids is 9. The number of hydrogen-bond acceptors (Lipinski definition) is 20. The molecule has 0 heterocycles. The van der Waals surface area contributed by atoms with Crippen LogP contribution in [0.3, 0.4) is 0 Å². The Hall–Kier alpha value is -5.63. The highest BCUT2D eigenvalue weighted by molar-refractivity contribution is 5.76.